The highest BCUT2D eigenvalue weighted by molar-refractivity contribution is 5.93. The van der Waals surface area contributed by atoms with E-state index in [0.717, 1.165) is 37.9 Å². The summed E-state index contributed by atoms with van der Waals surface area (Å²) in [6, 6.07) is 8.80. The molecule has 18 heavy (non-hydrogen) atoms. The number of anilines is 1. The molecule has 0 saturated heterocycles. The minimum absolute atomic E-state index is 0.0917. The quantitative estimate of drug-likeness (QED) is 0.809. The molecule has 1 aliphatic heterocycles. The SMILES string of the molecule is O=C(NC1CCC1)N1CCCCc2ccccc21. The molecule has 1 N–H and O–H groups in total. The fourth-order valence-electron chi connectivity index (χ4n) is 2.71. The Morgan fingerprint density at radius 3 is 2.78 bits per heavy atom. The van der Waals surface area contributed by atoms with Gasteiger partial charge in [0, 0.05) is 18.3 Å². The van der Waals surface area contributed by atoms with Crippen LogP contribution < -0.4 is 10.2 Å². The van der Waals surface area contributed by atoms with Crippen LogP contribution in [0.2, 0.25) is 0 Å². The van der Waals surface area contributed by atoms with Gasteiger partial charge in [-0.2, -0.15) is 0 Å². The predicted octanol–water partition coefficient (Wildman–Crippen LogP) is 3.09. The summed E-state index contributed by atoms with van der Waals surface area (Å²) in [6.45, 7) is 0.843. The summed E-state index contributed by atoms with van der Waals surface area (Å²) >= 11 is 0. The predicted molar refractivity (Wildman–Crippen MR) is 72.9 cm³/mol. The number of carbonyl (C=O) groups is 1. The van der Waals surface area contributed by atoms with E-state index in [1.54, 1.807) is 0 Å². The van der Waals surface area contributed by atoms with E-state index < -0.39 is 0 Å². The third-order valence-electron chi connectivity index (χ3n) is 4.04. The second-order valence-electron chi connectivity index (χ2n) is 5.31. The molecule has 0 bridgehead atoms. The molecule has 3 nitrogen and oxygen atoms in total. The average molecular weight is 244 g/mol. The molecule has 0 radical (unpaired) electrons. The van der Waals surface area contributed by atoms with Crippen molar-refractivity contribution >= 4 is 11.7 Å². The Bertz CT molecular complexity index is 440. The second kappa shape index (κ2) is 5.01. The first-order valence-electron chi connectivity index (χ1n) is 7.00. The normalized spacial score (nSPS) is 19.7. The lowest BCUT2D eigenvalue weighted by Crippen LogP contribution is -2.47. The van der Waals surface area contributed by atoms with Gasteiger partial charge < -0.3 is 5.32 Å². The number of benzene rings is 1. The molecule has 1 heterocycles. The molecule has 3 rings (SSSR count). The number of amides is 2. The highest BCUT2D eigenvalue weighted by Gasteiger charge is 2.25. The maximum absolute atomic E-state index is 12.3. The molecule has 3 heteroatoms. The standard InChI is InChI=1S/C15H20N2O/c18-15(16-13-8-5-9-13)17-11-4-3-7-12-6-1-2-10-14(12)17/h1-2,6,10,13H,3-5,7-9,11H2,(H,16,18). The third-order valence-corrected chi connectivity index (χ3v) is 4.04. The summed E-state index contributed by atoms with van der Waals surface area (Å²) in [4.78, 5) is 14.3. The molecule has 0 unspecified atom stereocenters. The van der Waals surface area contributed by atoms with Gasteiger partial charge in [-0.25, -0.2) is 4.79 Å². The van der Waals surface area contributed by atoms with Crippen molar-refractivity contribution in [3.8, 4) is 0 Å². The Morgan fingerprint density at radius 2 is 2.00 bits per heavy atom. The van der Waals surface area contributed by atoms with E-state index in [9.17, 15) is 4.79 Å². The van der Waals surface area contributed by atoms with Crippen molar-refractivity contribution in [3.05, 3.63) is 29.8 Å². The summed E-state index contributed by atoms with van der Waals surface area (Å²) in [5, 5.41) is 3.14. The minimum atomic E-state index is 0.0917. The maximum Gasteiger partial charge on any atom is 0.322 e. The molecule has 2 aliphatic rings. The van der Waals surface area contributed by atoms with Crippen molar-refractivity contribution < 1.29 is 4.79 Å². The van der Waals surface area contributed by atoms with Gasteiger partial charge in [0.05, 0.1) is 0 Å². The van der Waals surface area contributed by atoms with Crippen molar-refractivity contribution in [2.45, 2.75) is 44.6 Å². The molecule has 2 amide bonds. The lowest BCUT2D eigenvalue weighted by atomic mass is 9.93. The zero-order valence-corrected chi connectivity index (χ0v) is 10.7. The number of rotatable bonds is 1. The van der Waals surface area contributed by atoms with E-state index in [0.29, 0.717) is 6.04 Å². The van der Waals surface area contributed by atoms with Crippen LogP contribution in [0.15, 0.2) is 24.3 Å². The van der Waals surface area contributed by atoms with Crippen molar-refractivity contribution in [3.63, 3.8) is 0 Å². The number of hydrogen-bond acceptors (Lipinski definition) is 1. The maximum atomic E-state index is 12.3. The van der Waals surface area contributed by atoms with Crippen LogP contribution >= 0.6 is 0 Å². The number of nitrogens with zero attached hydrogens (tertiary/aromatic N) is 1. The molecule has 0 atom stereocenters. The zero-order chi connectivity index (χ0) is 12.4. The molecular formula is C15H20N2O. The monoisotopic (exact) mass is 244 g/mol. The lowest BCUT2D eigenvalue weighted by molar-refractivity contribution is 0.234. The number of hydrogen-bond donors (Lipinski definition) is 1. The minimum Gasteiger partial charge on any atom is -0.335 e. The first-order valence-corrected chi connectivity index (χ1v) is 7.00. The fraction of sp³-hybridized carbons (Fsp3) is 0.533. The van der Waals surface area contributed by atoms with Crippen molar-refractivity contribution in [1.82, 2.24) is 5.32 Å². The Balaban J connectivity index is 1.79. The van der Waals surface area contributed by atoms with Gasteiger partial charge in [0.2, 0.25) is 0 Å². The van der Waals surface area contributed by atoms with E-state index in [1.165, 1.54) is 18.4 Å². The molecule has 1 aromatic rings. The summed E-state index contributed by atoms with van der Waals surface area (Å²) in [5.74, 6) is 0. The average Bonchev–Trinajstić information content (AvgIpc) is 2.56. The van der Waals surface area contributed by atoms with Crippen LogP contribution in [0.25, 0.3) is 0 Å². The zero-order valence-electron chi connectivity index (χ0n) is 10.7. The van der Waals surface area contributed by atoms with E-state index in [-0.39, 0.29) is 6.03 Å². The van der Waals surface area contributed by atoms with Crippen molar-refractivity contribution in [1.29, 1.82) is 0 Å². The number of aryl methyl sites for hydroxylation is 1. The van der Waals surface area contributed by atoms with Crippen molar-refractivity contribution in [2.75, 3.05) is 11.4 Å². The van der Waals surface area contributed by atoms with E-state index in [2.05, 4.69) is 23.5 Å². The Labute approximate surface area is 108 Å². The summed E-state index contributed by atoms with van der Waals surface area (Å²) in [6.07, 6.45) is 6.88. The summed E-state index contributed by atoms with van der Waals surface area (Å²) < 4.78 is 0. The number of urea groups is 1. The largest absolute Gasteiger partial charge is 0.335 e. The number of carbonyl (C=O) groups excluding carboxylic acids is 1. The second-order valence-corrected chi connectivity index (χ2v) is 5.31. The van der Waals surface area contributed by atoms with E-state index in [4.69, 9.17) is 0 Å². The Hall–Kier alpha value is -1.51. The number of nitrogens with one attached hydrogen (secondary N) is 1. The van der Waals surface area contributed by atoms with E-state index >= 15 is 0 Å². The topological polar surface area (TPSA) is 32.3 Å². The van der Waals surface area contributed by atoms with Gasteiger partial charge >= 0.3 is 6.03 Å². The Morgan fingerprint density at radius 1 is 1.17 bits per heavy atom. The molecular weight excluding hydrogens is 224 g/mol. The number of fused-ring (bicyclic) bond motifs is 1. The first kappa shape index (κ1) is 11.6. The smallest absolute Gasteiger partial charge is 0.322 e. The van der Waals surface area contributed by atoms with Gasteiger partial charge in [0.1, 0.15) is 0 Å². The molecule has 1 fully saturated rings. The third kappa shape index (κ3) is 2.22. The van der Waals surface area contributed by atoms with Crippen LogP contribution in [0.1, 0.15) is 37.7 Å². The van der Waals surface area contributed by atoms with Gasteiger partial charge in [-0.15, -0.1) is 0 Å². The van der Waals surface area contributed by atoms with Gasteiger partial charge in [0.15, 0.2) is 0 Å². The first-order chi connectivity index (χ1) is 8.84. The van der Waals surface area contributed by atoms with Crippen LogP contribution in [0.4, 0.5) is 10.5 Å². The van der Waals surface area contributed by atoms with Crippen LogP contribution in [0, 0.1) is 0 Å². The van der Waals surface area contributed by atoms with Crippen LogP contribution in [-0.2, 0) is 6.42 Å². The van der Waals surface area contributed by atoms with Crippen LogP contribution in [0.3, 0.4) is 0 Å². The number of para-hydroxylation sites is 1. The van der Waals surface area contributed by atoms with Gasteiger partial charge in [-0.05, 0) is 50.2 Å². The highest BCUT2D eigenvalue weighted by Crippen LogP contribution is 2.27. The summed E-state index contributed by atoms with van der Waals surface area (Å²) in [5.41, 5.74) is 2.41. The van der Waals surface area contributed by atoms with Crippen molar-refractivity contribution in [2.24, 2.45) is 0 Å². The van der Waals surface area contributed by atoms with Gasteiger partial charge in [0.25, 0.3) is 0 Å². The Kier molecular flexibility index (Phi) is 3.22. The molecule has 96 valence electrons. The lowest BCUT2D eigenvalue weighted by Gasteiger charge is -2.30. The van der Waals surface area contributed by atoms with Gasteiger partial charge in [-0.3, -0.25) is 4.90 Å². The molecule has 1 saturated carbocycles. The highest BCUT2D eigenvalue weighted by atomic mass is 16.2. The summed E-state index contributed by atoms with van der Waals surface area (Å²) in [7, 11) is 0. The molecule has 0 aromatic heterocycles. The van der Waals surface area contributed by atoms with Crippen LogP contribution in [0.5, 0.6) is 0 Å². The van der Waals surface area contributed by atoms with Gasteiger partial charge in [-0.1, -0.05) is 18.2 Å². The molecule has 1 aliphatic carbocycles. The van der Waals surface area contributed by atoms with Crippen LogP contribution in [-0.4, -0.2) is 18.6 Å². The molecule has 1 aromatic carbocycles. The van der Waals surface area contributed by atoms with E-state index in [1.807, 2.05) is 11.0 Å². The fourth-order valence-corrected chi connectivity index (χ4v) is 2.71. The molecule has 0 spiro atoms.